The summed E-state index contributed by atoms with van der Waals surface area (Å²) in [5, 5.41) is 6.55. The van der Waals surface area contributed by atoms with Crippen molar-refractivity contribution >= 4 is 18.2 Å². The van der Waals surface area contributed by atoms with Crippen LogP contribution in [0.4, 0.5) is 0 Å². The molecule has 34 heavy (non-hydrogen) atoms. The highest BCUT2D eigenvalue weighted by Gasteiger charge is 2.28. The average Bonchev–Trinajstić information content (AvgIpc) is 3.21. The van der Waals surface area contributed by atoms with Crippen molar-refractivity contribution in [2.45, 2.75) is 59.6 Å². The molecule has 1 aromatic heterocycles. The summed E-state index contributed by atoms with van der Waals surface area (Å²) in [6, 6.07) is 11.9. The number of aryl methyl sites for hydroxylation is 3. The Morgan fingerprint density at radius 2 is 1.68 bits per heavy atom. The van der Waals surface area contributed by atoms with Crippen molar-refractivity contribution in [1.82, 2.24) is 10.5 Å². The molecule has 1 unspecified atom stereocenters. The molecule has 0 saturated carbocycles. The topological polar surface area (TPSA) is 98.5 Å². The van der Waals surface area contributed by atoms with E-state index in [-0.39, 0.29) is 18.0 Å². The molecule has 1 heterocycles. The van der Waals surface area contributed by atoms with E-state index >= 15 is 0 Å². The number of benzene rings is 2. The molecule has 7 nitrogen and oxygen atoms in total. The Labute approximate surface area is 199 Å². The lowest BCUT2D eigenvalue weighted by Gasteiger charge is -2.25. The molecule has 3 rings (SSSR count). The largest absolute Gasteiger partial charge is 0.458 e. The van der Waals surface area contributed by atoms with Crippen molar-refractivity contribution < 1.29 is 23.6 Å². The van der Waals surface area contributed by atoms with Gasteiger partial charge in [0.15, 0.2) is 12.0 Å². The number of esters is 1. The van der Waals surface area contributed by atoms with E-state index < -0.39 is 17.6 Å². The maximum absolute atomic E-state index is 13.2. The van der Waals surface area contributed by atoms with Gasteiger partial charge in [0.25, 0.3) is 5.91 Å². The van der Waals surface area contributed by atoms with Gasteiger partial charge in [-0.1, -0.05) is 47.1 Å². The molecule has 0 saturated heterocycles. The zero-order valence-electron chi connectivity index (χ0n) is 20.4. The van der Waals surface area contributed by atoms with Gasteiger partial charge in [-0.05, 0) is 58.2 Å². The van der Waals surface area contributed by atoms with Crippen molar-refractivity contribution in [3.63, 3.8) is 0 Å². The summed E-state index contributed by atoms with van der Waals surface area (Å²) in [5.41, 5.74) is 4.43. The molecule has 0 radical (unpaired) electrons. The SMILES string of the molecule is Cc1cc(C)c(C(=O)NC(Cc2ccc(-c3cc(C=O)no3)cc2)C(=O)OC(C)(C)C)c(C)c1. The molecule has 1 amide bonds. The van der Waals surface area contributed by atoms with Gasteiger partial charge in [0.05, 0.1) is 0 Å². The number of aromatic nitrogens is 1. The number of carbonyl (C=O) groups excluding carboxylic acids is 3. The molecule has 0 aliphatic rings. The molecule has 0 spiro atoms. The second-order valence-electron chi connectivity index (χ2n) is 9.47. The zero-order chi connectivity index (χ0) is 25.0. The van der Waals surface area contributed by atoms with Gasteiger partial charge in [0.2, 0.25) is 0 Å². The van der Waals surface area contributed by atoms with Gasteiger partial charge in [-0.15, -0.1) is 0 Å². The van der Waals surface area contributed by atoms with Crippen molar-refractivity contribution in [2.24, 2.45) is 0 Å². The Kier molecular flexibility index (Phi) is 7.35. The van der Waals surface area contributed by atoms with E-state index in [0.29, 0.717) is 17.6 Å². The van der Waals surface area contributed by atoms with Crippen molar-refractivity contribution in [3.05, 3.63) is 76.0 Å². The minimum absolute atomic E-state index is 0.216. The lowest BCUT2D eigenvalue weighted by molar-refractivity contribution is -0.157. The van der Waals surface area contributed by atoms with Crippen LogP contribution < -0.4 is 5.32 Å². The predicted octanol–water partition coefficient (Wildman–Crippen LogP) is 4.76. The molecule has 178 valence electrons. The van der Waals surface area contributed by atoms with Gasteiger partial charge in [-0.25, -0.2) is 4.79 Å². The van der Waals surface area contributed by atoms with Crippen LogP contribution in [0.3, 0.4) is 0 Å². The first-order chi connectivity index (χ1) is 16.0. The Morgan fingerprint density at radius 3 is 2.21 bits per heavy atom. The van der Waals surface area contributed by atoms with Crippen LogP contribution in [0.2, 0.25) is 0 Å². The summed E-state index contributed by atoms with van der Waals surface area (Å²) in [6.45, 7) is 11.1. The fraction of sp³-hybridized carbons (Fsp3) is 0.333. The molecular formula is C27H30N2O5. The van der Waals surface area contributed by atoms with E-state index in [0.717, 1.165) is 27.8 Å². The number of nitrogens with zero attached hydrogens (tertiary/aromatic N) is 1. The van der Waals surface area contributed by atoms with Gasteiger partial charge >= 0.3 is 5.97 Å². The van der Waals surface area contributed by atoms with E-state index in [9.17, 15) is 14.4 Å². The number of nitrogens with one attached hydrogen (secondary N) is 1. The first kappa shape index (κ1) is 24.9. The summed E-state index contributed by atoms with van der Waals surface area (Å²) in [6.07, 6.45) is 0.869. The third-order valence-corrected chi connectivity index (χ3v) is 5.23. The van der Waals surface area contributed by atoms with Gasteiger partial charge in [-0.3, -0.25) is 9.59 Å². The second kappa shape index (κ2) is 10.0. The first-order valence-corrected chi connectivity index (χ1v) is 11.1. The number of carbonyl (C=O) groups is 3. The van der Waals surface area contributed by atoms with Gasteiger partial charge in [-0.2, -0.15) is 0 Å². The second-order valence-corrected chi connectivity index (χ2v) is 9.47. The van der Waals surface area contributed by atoms with E-state index in [4.69, 9.17) is 9.26 Å². The average molecular weight is 463 g/mol. The normalized spacial score (nSPS) is 12.2. The fourth-order valence-electron chi connectivity index (χ4n) is 3.86. The Morgan fingerprint density at radius 1 is 1.06 bits per heavy atom. The molecular weight excluding hydrogens is 432 g/mol. The Bertz CT molecular complexity index is 1180. The summed E-state index contributed by atoms with van der Waals surface area (Å²) in [7, 11) is 0. The summed E-state index contributed by atoms with van der Waals surface area (Å²) in [4.78, 5) is 37.0. The highest BCUT2D eigenvalue weighted by molar-refractivity contribution is 5.99. The van der Waals surface area contributed by atoms with Crippen LogP contribution in [0.15, 0.2) is 47.0 Å². The lowest BCUT2D eigenvalue weighted by atomic mass is 9.98. The van der Waals surface area contributed by atoms with Crippen LogP contribution in [0.1, 0.15) is 63.9 Å². The zero-order valence-corrected chi connectivity index (χ0v) is 20.4. The van der Waals surface area contributed by atoms with E-state index in [1.165, 1.54) is 0 Å². The number of aldehydes is 1. The van der Waals surface area contributed by atoms with Crippen LogP contribution in [0.5, 0.6) is 0 Å². The van der Waals surface area contributed by atoms with Gasteiger partial charge < -0.3 is 14.6 Å². The van der Waals surface area contributed by atoms with E-state index in [2.05, 4.69) is 10.5 Å². The van der Waals surface area contributed by atoms with Crippen molar-refractivity contribution in [3.8, 4) is 11.3 Å². The predicted molar refractivity (Wildman–Crippen MR) is 129 cm³/mol. The third kappa shape index (κ3) is 6.19. The molecule has 1 atom stereocenters. The highest BCUT2D eigenvalue weighted by atomic mass is 16.6. The molecule has 0 aliphatic carbocycles. The van der Waals surface area contributed by atoms with E-state index in [1.807, 2.05) is 57.2 Å². The smallest absolute Gasteiger partial charge is 0.329 e. The van der Waals surface area contributed by atoms with Crippen LogP contribution in [-0.4, -0.2) is 35.0 Å². The fourth-order valence-corrected chi connectivity index (χ4v) is 3.86. The Hall–Kier alpha value is -3.74. The molecule has 0 bridgehead atoms. The van der Waals surface area contributed by atoms with Crippen LogP contribution >= 0.6 is 0 Å². The maximum Gasteiger partial charge on any atom is 0.329 e. The lowest BCUT2D eigenvalue weighted by Crippen LogP contribution is -2.45. The number of rotatable bonds is 7. The van der Waals surface area contributed by atoms with Gasteiger partial charge in [0, 0.05) is 23.6 Å². The summed E-state index contributed by atoms with van der Waals surface area (Å²) < 4.78 is 10.8. The molecule has 3 aromatic rings. The minimum atomic E-state index is -0.871. The summed E-state index contributed by atoms with van der Waals surface area (Å²) >= 11 is 0. The minimum Gasteiger partial charge on any atom is -0.458 e. The van der Waals surface area contributed by atoms with Crippen LogP contribution in [-0.2, 0) is 16.0 Å². The van der Waals surface area contributed by atoms with E-state index in [1.54, 1.807) is 26.8 Å². The molecule has 2 aromatic carbocycles. The van der Waals surface area contributed by atoms with Crippen LogP contribution in [0, 0.1) is 20.8 Å². The van der Waals surface area contributed by atoms with Crippen molar-refractivity contribution in [2.75, 3.05) is 0 Å². The Balaban J connectivity index is 1.84. The molecule has 1 N–H and O–H groups in total. The van der Waals surface area contributed by atoms with Crippen LogP contribution in [0.25, 0.3) is 11.3 Å². The summed E-state index contributed by atoms with van der Waals surface area (Å²) in [5.74, 6) is -0.347. The molecule has 7 heteroatoms. The maximum atomic E-state index is 13.2. The quantitative estimate of drug-likeness (QED) is 0.401. The molecule has 0 fully saturated rings. The standard InChI is InChI=1S/C27H30N2O5/c1-16-11-17(2)24(18(3)12-16)25(31)28-22(26(32)33-27(4,5)6)13-19-7-9-20(10-8-19)23-14-21(15-30)29-34-23/h7-12,14-15,22H,13H2,1-6H3,(H,28,31). The highest BCUT2D eigenvalue weighted by Crippen LogP contribution is 2.22. The molecule has 0 aliphatic heterocycles. The van der Waals surface area contributed by atoms with Gasteiger partial charge in [0.1, 0.15) is 17.3 Å². The number of hydrogen-bond acceptors (Lipinski definition) is 6. The first-order valence-electron chi connectivity index (χ1n) is 11.1. The van der Waals surface area contributed by atoms with Crippen molar-refractivity contribution in [1.29, 1.82) is 0 Å². The number of amides is 1. The monoisotopic (exact) mass is 462 g/mol. The number of ether oxygens (including phenoxy) is 1. The third-order valence-electron chi connectivity index (χ3n) is 5.23. The number of hydrogen-bond donors (Lipinski definition) is 1.